The van der Waals surface area contributed by atoms with Crippen molar-refractivity contribution in [3.8, 4) is 0 Å². The third-order valence-electron chi connectivity index (χ3n) is 12.0. The fourth-order valence-electron chi connectivity index (χ4n) is 8.36. The molecule has 0 aliphatic rings. The van der Waals surface area contributed by atoms with Crippen LogP contribution in [0.3, 0.4) is 0 Å². The fourth-order valence-corrected chi connectivity index (χ4v) is 8.36. The molecule has 0 fully saturated rings. The highest BCUT2D eigenvalue weighted by Crippen LogP contribution is 2.18. The molecule has 0 amide bonds. The van der Waals surface area contributed by atoms with Gasteiger partial charge in [-0.1, -0.05) is 289 Å². The Morgan fingerprint density at radius 1 is 0.250 bits per heavy atom. The molecule has 0 atom stereocenters. The maximum absolute atomic E-state index is 3.77. The Balaban J connectivity index is 1.79. The first-order valence-corrected chi connectivity index (χ1v) is 24.9. The van der Waals surface area contributed by atoms with Gasteiger partial charge in [-0.2, -0.15) is 0 Å². The van der Waals surface area contributed by atoms with Gasteiger partial charge in [0.05, 0.1) is 0 Å². The quantitative estimate of drug-likeness (QED) is 0.0589. The zero-order valence-corrected chi connectivity index (χ0v) is 36.3. The summed E-state index contributed by atoms with van der Waals surface area (Å²) in [5.41, 5.74) is 2.91. The van der Waals surface area contributed by atoms with Crippen LogP contribution in [0, 0.1) is 6.07 Å². The second kappa shape index (κ2) is 43.0. The molecule has 0 heteroatoms. The molecule has 0 aliphatic heterocycles. The molecule has 305 valence electrons. The monoisotopic (exact) mass is 722 g/mol. The highest BCUT2D eigenvalue weighted by molar-refractivity contribution is 5.22. The number of benzene rings is 1. The Hall–Kier alpha value is -0.780. The van der Waals surface area contributed by atoms with Gasteiger partial charge in [0.25, 0.3) is 0 Å². The topological polar surface area (TPSA) is 0 Å². The second-order valence-electron chi connectivity index (χ2n) is 17.3. The van der Waals surface area contributed by atoms with E-state index in [9.17, 15) is 0 Å². The zero-order valence-electron chi connectivity index (χ0n) is 36.3. The van der Waals surface area contributed by atoms with Crippen LogP contribution in [0.15, 0.2) is 18.2 Å². The average molecular weight is 722 g/mol. The van der Waals surface area contributed by atoms with Crippen LogP contribution in [-0.2, 0) is 12.8 Å². The van der Waals surface area contributed by atoms with Crippen LogP contribution < -0.4 is 0 Å². The minimum Gasteiger partial charge on any atom is -0.0654 e. The molecule has 0 unspecified atom stereocenters. The molecule has 1 aromatic carbocycles. The Bertz CT molecular complexity index is 717. The fraction of sp³-hybridized carbons (Fsp3) is 0.885. The number of aryl methyl sites for hydroxylation is 2. The number of hydrogen-bond acceptors (Lipinski definition) is 0. The van der Waals surface area contributed by atoms with Crippen LogP contribution in [-0.4, -0.2) is 0 Å². The van der Waals surface area contributed by atoms with E-state index in [1.807, 2.05) is 0 Å². The Morgan fingerprint density at radius 2 is 0.423 bits per heavy atom. The van der Waals surface area contributed by atoms with Crippen molar-refractivity contribution in [3.05, 3.63) is 35.4 Å². The molecule has 0 saturated carbocycles. The Kier molecular flexibility index (Phi) is 40.7. The summed E-state index contributed by atoms with van der Waals surface area (Å²) in [5, 5.41) is 0. The van der Waals surface area contributed by atoms with Crippen molar-refractivity contribution in [2.75, 3.05) is 0 Å². The van der Waals surface area contributed by atoms with Gasteiger partial charge in [-0.05, 0) is 42.9 Å². The van der Waals surface area contributed by atoms with Crippen LogP contribution in [0.4, 0.5) is 0 Å². The van der Waals surface area contributed by atoms with E-state index in [2.05, 4.69) is 38.1 Å². The maximum Gasteiger partial charge on any atom is -0.0114 e. The van der Waals surface area contributed by atoms with Crippen LogP contribution in [0.2, 0.25) is 0 Å². The van der Waals surface area contributed by atoms with E-state index in [0.29, 0.717) is 0 Å². The molecule has 0 spiro atoms. The molecule has 0 bridgehead atoms. The van der Waals surface area contributed by atoms with Crippen molar-refractivity contribution in [2.24, 2.45) is 0 Å². The molecule has 1 rings (SSSR count). The first-order chi connectivity index (χ1) is 25.9. The lowest BCUT2D eigenvalue weighted by atomic mass is 9.99. The van der Waals surface area contributed by atoms with Crippen molar-refractivity contribution in [2.45, 2.75) is 296 Å². The third-order valence-corrected chi connectivity index (χ3v) is 12.0. The zero-order chi connectivity index (χ0) is 37.1. The molecular weight excluding hydrogens is 625 g/mol. The van der Waals surface area contributed by atoms with E-state index < -0.39 is 0 Å². The first kappa shape index (κ1) is 49.2. The Labute approximate surface area is 330 Å². The molecule has 0 heterocycles. The lowest BCUT2D eigenvalue weighted by Crippen LogP contribution is -1.92. The van der Waals surface area contributed by atoms with Crippen molar-refractivity contribution in [1.29, 1.82) is 0 Å². The summed E-state index contributed by atoms with van der Waals surface area (Å²) in [6.07, 6.45) is 63.6. The number of rotatable bonds is 44. The Morgan fingerprint density at radius 3 is 0.615 bits per heavy atom. The standard InChI is InChI=1S/C52H97/c1-3-5-7-9-11-13-15-17-19-21-23-25-27-29-31-33-35-37-39-41-43-46-51-48-45-49-52(50-51)47-44-42-40-38-36-34-32-30-28-26-24-22-20-18-16-14-12-10-8-6-4-2/h45,48-49H,3-44,46-47H2,1-2H3. The van der Waals surface area contributed by atoms with Crippen molar-refractivity contribution in [1.82, 2.24) is 0 Å². The first-order valence-electron chi connectivity index (χ1n) is 24.9. The van der Waals surface area contributed by atoms with E-state index in [4.69, 9.17) is 0 Å². The molecular formula is C52H97. The minimum absolute atomic E-state index is 1.23. The van der Waals surface area contributed by atoms with Crippen LogP contribution in [0.1, 0.15) is 295 Å². The van der Waals surface area contributed by atoms with Gasteiger partial charge in [-0.25, -0.2) is 0 Å². The molecule has 0 nitrogen and oxygen atoms in total. The summed E-state index contributed by atoms with van der Waals surface area (Å²) in [6, 6.07) is 10.7. The van der Waals surface area contributed by atoms with Gasteiger partial charge in [0, 0.05) is 0 Å². The molecule has 1 radical (unpaired) electrons. The molecule has 1 aromatic rings. The lowest BCUT2D eigenvalue weighted by Gasteiger charge is -2.06. The van der Waals surface area contributed by atoms with Gasteiger partial charge >= 0.3 is 0 Å². The van der Waals surface area contributed by atoms with E-state index in [0.717, 1.165) is 0 Å². The van der Waals surface area contributed by atoms with Gasteiger partial charge in [0.1, 0.15) is 0 Å². The molecule has 52 heavy (non-hydrogen) atoms. The van der Waals surface area contributed by atoms with Gasteiger partial charge in [-0.3, -0.25) is 0 Å². The van der Waals surface area contributed by atoms with Gasteiger partial charge in [0.15, 0.2) is 0 Å². The molecule has 0 saturated heterocycles. The van der Waals surface area contributed by atoms with Crippen molar-refractivity contribution in [3.63, 3.8) is 0 Å². The molecule has 0 aromatic heterocycles. The van der Waals surface area contributed by atoms with E-state index in [-0.39, 0.29) is 0 Å². The number of unbranched alkanes of at least 4 members (excludes halogenated alkanes) is 40. The van der Waals surface area contributed by atoms with Crippen LogP contribution in [0.5, 0.6) is 0 Å². The summed E-state index contributed by atoms with van der Waals surface area (Å²) < 4.78 is 0. The van der Waals surface area contributed by atoms with Crippen LogP contribution >= 0.6 is 0 Å². The largest absolute Gasteiger partial charge is 0.0654 e. The van der Waals surface area contributed by atoms with Crippen molar-refractivity contribution < 1.29 is 0 Å². The van der Waals surface area contributed by atoms with Gasteiger partial charge in [0.2, 0.25) is 0 Å². The normalized spacial score (nSPS) is 11.6. The predicted octanol–water partition coefficient (Wildman–Crippen LogP) is 19.0. The highest BCUT2D eigenvalue weighted by Gasteiger charge is 2.01. The minimum atomic E-state index is 1.23. The van der Waals surface area contributed by atoms with E-state index in [1.54, 1.807) is 0 Å². The molecule has 0 aliphatic carbocycles. The summed E-state index contributed by atoms with van der Waals surface area (Å²) in [4.78, 5) is 0. The van der Waals surface area contributed by atoms with Crippen molar-refractivity contribution >= 4 is 0 Å². The van der Waals surface area contributed by atoms with E-state index >= 15 is 0 Å². The SMILES string of the molecule is CCCCCCCCCCCCCCCCCCCCCCCc1[c]c(CCCCCCCCCCCCCCCCCCCCCCC)ccc1. The van der Waals surface area contributed by atoms with E-state index in [1.165, 1.54) is 294 Å². The summed E-state index contributed by atoms with van der Waals surface area (Å²) in [6.45, 7) is 4.62. The maximum atomic E-state index is 3.77. The predicted molar refractivity (Wildman–Crippen MR) is 238 cm³/mol. The summed E-state index contributed by atoms with van der Waals surface area (Å²) in [5.74, 6) is 0. The third kappa shape index (κ3) is 37.5. The summed E-state index contributed by atoms with van der Waals surface area (Å²) in [7, 11) is 0. The van der Waals surface area contributed by atoms with Gasteiger partial charge in [-0.15, -0.1) is 0 Å². The lowest BCUT2D eigenvalue weighted by molar-refractivity contribution is 0.520. The second-order valence-corrected chi connectivity index (χ2v) is 17.3. The summed E-state index contributed by atoms with van der Waals surface area (Å²) >= 11 is 0. The van der Waals surface area contributed by atoms with Crippen LogP contribution in [0.25, 0.3) is 0 Å². The average Bonchev–Trinajstić information content (AvgIpc) is 3.16. The number of hydrogen-bond donors (Lipinski definition) is 0. The smallest absolute Gasteiger partial charge is 0.0114 e. The van der Waals surface area contributed by atoms with Gasteiger partial charge < -0.3 is 0 Å². The highest BCUT2D eigenvalue weighted by atomic mass is 14.1. The molecule has 0 N–H and O–H groups in total.